The fraction of sp³-hybridized carbons (Fsp3) is 0.286. The van der Waals surface area contributed by atoms with Crippen LogP contribution in [0.15, 0.2) is 33.5 Å². The lowest BCUT2D eigenvalue weighted by Gasteiger charge is -2.15. The van der Waals surface area contributed by atoms with Gasteiger partial charge in [0.15, 0.2) is 0 Å². The van der Waals surface area contributed by atoms with Crippen LogP contribution in [0.1, 0.15) is 11.1 Å². The molecule has 0 fully saturated rings. The first-order chi connectivity index (χ1) is 8.95. The number of benzene rings is 1. The molecule has 5 nitrogen and oxygen atoms in total. The van der Waals surface area contributed by atoms with Gasteiger partial charge in [-0.25, -0.2) is 4.79 Å². The van der Waals surface area contributed by atoms with Crippen LogP contribution >= 0.6 is 0 Å². The number of carboxylic acids is 1. The van der Waals surface area contributed by atoms with Gasteiger partial charge in [0.2, 0.25) is 0 Å². The van der Waals surface area contributed by atoms with Gasteiger partial charge in [-0.05, 0) is 31.2 Å². The third kappa shape index (κ3) is 3.20. The molecule has 1 heterocycles. The molecule has 0 aliphatic heterocycles. The van der Waals surface area contributed by atoms with Crippen molar-refractivity contribution in [1.29, 1.82) is 0 Å². The number of hydrogen-bond acceptors (Lipinski definition) is 4. The Labute approximate surface area is 110 Å². The zero-order valence-corrected chi connectivity index (χ0v) is 10.8. The first-order valence-electron chi connectivity index (χ1n) is 5.89. The highest BCUT2D eigenvalue weighted by Crippen LogP contribution is 2.19. The molecule has 0 atom stereocenters. The summed E-state index contributed by atoms with van der Waals surface area (Å²) in [6, 6.07) is 7.04. The summed E-state index contributed by atoms with van der Waals surface area (Å²) in [7, 11) is 1.70. The predicted molar refractivity (Wildman–Crippen MR) is 71.2 cm³/mol. The summed E-state index contributed by atoms with van der Waals surface area (Å²) in [5, 5.41) is 9.58. The number of aliphatic carboxylic acids is 1. The minimum Gasteiger partial charge on any atom is -0.480 e. The van der Waals surface area contributed by atoms with Crippen molar-refractivity contribution in [1.82, 2.24) is 4.90 Å². The molecule has 19 heavy (non-hydrogen) atoms. The van der Waals surface area contributed by atoms with E-state index in [4.69, 9.17) is 9.52 Å². The monoisotopic (exact) mass is 261 g/mol. The second kappa shape index (κ2) is 5.24. The average Bonchev–Trinajstić information content (AvgIpc) is 2.26. The number of carbonyl (C=O) groups is 1. The molecule has 0 spiro atoms. The van der Waals surface area contributed by atoms with Crippen LogP contribution in [0.3, 0.4) is 0 Å². The lowest BCUT2D eigenvalue weighted by atomic mass is 10.1. The molecule has 0 radical (unpaired) electrons. The summed E-state index contributed by atoms with van der Waals surface area (Å²) in [5.74, 6) is -0.898. The van der Waals surface area contributed by atoms with Gasteiger partial charge in [0, 0.05) is 18.0 Å². The lowest BCUT2D eigenvalue weighted by molar-refractivity contribution is -0.138. The van der Waals surface area contributed by atoms with Crippen LogP contribution in [0.4, 0.5) is 0 Å². The van der Waals surface area contributed by atoms with E-state index in [1.165, 1.54) is 6.07 Å². The van der Waals surface area contributed by atoms with E-state index in [-0.39, 0.29) is 6.54 Å². The maximum atomic E-state index is 11.5. The Balaban J connectivity index is 2.42. The highest BCUT2D eigenvalue weighted by atomic mass is 16.4. The molecule has 2 rings (SSSR count). The minimum absolute atomic E-state index is 0.0758. The van der Waals surface area contributed by atoms with Crippen LogP contribution in [0.25, 0.3) is 11.0 Å². The van der Waals surface area contributed by atoms with Gasteiger partial charge in [-0.15, -0.1) is 0 Å². The van der Waals surface area contributed by atoms with Gasteiger partial charge >= 0.3 is 11.6 Å². The fourth-order valence-corrected chi connectivity index (χ4v) is 2.05. The largest absolute Gasteiger partial charge is 0.480 e. The number of fused-ring (bicyclic) bond motifs is 1. The third-order valence-electron chi connectivity index (χ3n) is 2.83. The number of rotatable bonds is 4. The van der Waals surface area contributed by atoms with Crippen molar-refractivity contribution in [2.75, 3.05) is 13.6 Å². The van der Waals surface area contributed by atoms with Gasteiger partial charge in [-0.3, -0.25) is 9.69 Å². The molecule has 1 aromatic carbocycles. The van der Waals surface area contributed by atoms with E-state index in [0.717, 1.165) is 16.5 Å². The number of aryl methyl sites for hydroxylation is 1. The number of nitrogens with zero attached hydrogens (tertiary/aromatic N) is 1. The van der Waals surface area contributed by atoms with E-state index in [9.17, 15) is 9.59 Å². The molecule has 0 aliphatic carbocycles. The topological polar surface area (TPSA) is 70.8 Å². The summed E-state index contributed by atoms with van der Waals surface area (Å²) in [6.45, 7) is 2.23. The van der Waals surface area contributed by atoms with Gasteiger partial charge in [-0.2, -0.15) is 0 Å². The smallest absolute Gasteiger partial charge is 0.336 e. The molecule has 0 unspecified atom stereocenters. The summed E-state index contributed by atoms with van der Waals surface area (Å²) >= 11 is 0. The maximum Gasteiger partial charge on any atom is 0.336 e. The third-order valence-corrected chi connectivity index (χ3v) is 2.83. The molecule has 0 saturated carbocycles. The fourth-order valence-electron chi connectivity index (χ4n) is 2.05. The van der Waals surface area contributed by atoms with Crippen molar-refractivity contribution >= 4 is 16.9 Å². The van der Waals surface area contributed by atoms with E-state index in [0.29, 0.717) is 12.1 Å². The molecule has 0 amide bonds. The van der Waals surface area contributed by atoms with Crippen LogP contribution in [-0.2, 0) is 11.3 Å². The Morgan fingerprint density at radius 1 is 1.37 bits per heavy atom. The van der Waals surface area contributed by atoms with Gasteiger partial charge < -0.3 is 9.52 Å². The quantitative estimate of drug-likeness (QED) is 0.847. The number of likely N-dealkylation sites (N-methyl/N-ethyl adjacent to an activating group) is 1. The van der Waals surface area contributed by atoms with Crippen molar-refractivity contribution in [3.8, 4) is 0 Å². The Hall–Kier alpha value is -2.14. The summed E-state index contributed by atoms with van der Waals surface area (Å²) < 4.78 is 5.16. The molecule has 1 N–H and O–H groups in total. The van der Waals surface area contributed by atoms with Crippen LogP contribution < -0.4 is 5.63 Å². The molecule has 0 saturated heterocycles. The standard InChI is InChI=1S/C14H15NO4/c1-9-3-4-11-10(7-15(2)8-13(16)17)6-14(18)19-12(11)5-9/h3-6H,7-8H2,1-2H3,(H,16,17). The maximum absolute atomic E-state index is 11.5. The summed E-state index contributed by atoms with van der Waals surface area (Å²) in [4.78, 5) is 23.8. The second-order valence-corrected chi connectivity index (χ2v) is 4.66. The van der Waals surface area contributed by atoms with Crippen LogP contribution in [0.2, 0.25) is 0 Å². The minimum atomic E-state index is -0.898. The van der Waals surface area contributed by atoms with Crippen molar-refractivity contribution in [2.45, 2.75) is 13.5 Å². The van der Waals surface area contributed by atoms with E-state index in [1.54, 1.807) is 18.0 Å². The SMILES string of the molecule is Cc1ccc2c(CN(C)CC(=O)O)cc(=O)oc2c1. The lowest BCUT2D eigenvalue weighted by Crippen LogP contribution is -2.25. The second-order valence-electron chi connectivity index (χ2n) is 4.66. The van der Waals surface area contributed by atoms with E-state index in [1.807, 2.05) is 19.1 Å². The molecule has 0 aliphatic rings. The van der Waals surface area contributed by atoms with E-state index < -0.39 is 11.6 Å². The number of hydrogen-bond donors (Lipinski definition) is 1. The van der Waals surface area contributed by atoms with E-state index in [2.05, 4.69) is 0 Å². The van der Waals surface area contributed by atoms with Crippen molar-refractivity contribution in [2.24, 2.45) is 0 Å². The molecular weight excluding hydrogens is 246 g/mol. The van der Waals surface area contributed by atoms with Crippen LogP contribution in [0, 0.1) is 6.92 Å². The normalized spacial score (nSPS) is 11.1. The van der Waals surface area contributed by atoms with Crippen LogP contribution in [0.5, 0.6) is 0 Å². The molecule has 2 aromatic rings. The number of carboxylic acid groups (broad SMARTS) is 1. The van der Waals surface area contributed by atoms with Crippen molar-refractivity contribution < 1.29 is 14.3 Å². The molecule has 0 bridgehead atoms. The van der Waals surface area contributed by atoms with Crippen LogP contribution in [-0.4, -0.2) is 29.6 Å². The summed E-state index contributed by atoms with van der Waals surface area (Å²) in [5.41, 5.74) is 1.89. The van der Waals surface area contributed by atoms with Gasteiger partial charge in [0.25, 0.3) is 0 Å². The molecule has 1 aromatic heterocycles. The average molecular weight is 261 g/mol. The first kappa shape index (κ1) is 13.3. The zero-order valence-electron chi connectivity index (χ0n) is 10.8. The zero-order chi connectivity index (χ0) is 14.0. The summed E-state index contributed by atoms with van der Waals surface area (Å²) in [6.07, 6.45) is 0. The first-order valence-corrected chi connectivity index (χ1v) is 5.89. The van der Waals surface area contributed by atoms with Gasteiger partial charge in [0.1, 0.15) is 5.58 Å². The predicted octanol–water partition coefficient (Wildman–Crippen LogP) is 1.62. The van der Waals surface area contributed by atoms with E-state index >= 15 is 0 Å². The highest BCUT2D eigenvalue weighted by Gasteiger charge is 2.10. The highest BCUT2D eigenvalue weighted by molar-refractivity contribution is 5.80. The Bertz CT molecular complexity index is 675. The molecule has 5 heteroatoms. The van der Waals surface area contributed by atoms with Crippen molar-refractivity contribution in [3.63, 3.8) is 0 Å². The Kier molecular flexibility index (Phi) is 3.66. The van der Waals surface area contributed by atoms with Gasteiger partial charge in [-0.1, -0.05) is 12.1 Å². The Morgan fingerprint density at radius 2 is 2.11 bits per heavy atom. The van der Waals surface area contributed by atoms with Crippen molar-refractivity contribution in [3.05, 3.63) is 45.8 Å². The Morgan fingerprint density at radius 3 is 2.79 bits per heavy atom. The van der Waals surface area contributed by atoms with Gasteiger partial charge in [0.05, 0.1) is 6.54 Å². The molecule has 100 valence electrons. The molecular formula is C14H15NO4.